The number of nitrogens with one attached hydrogen (secondary N) is 2. The molecule has 0 spiro atoms. The molecule has 0 fully saturated rings. The first kappa shape index (κ1) is 19.9. The van der Waals surface area contributed by atoms with Gasteiger partial charge in [0.15, 0.2) is 0 Å². The zero-order chi connectivity index (χ0) is 19.6. The number of ether oxygens (including phenoxy) is 2. The van der Waals surface area contributed by atoms with E-state index in [-0.39, 0.29) is 0 Å². The van der Waals surface area contributed by atoms with Crippen LogP contribution >= 0.6 is 11.6 Å². The molecule has 1 aromatic heterocycles. The fraction of sp³-hybridized carbons (Fsp3) is 0.238. The van der Waals surface area contributed by atoms with Crippen LogP contribution in [0.25, 0.3) is 0 Å². The molecule has 0 atom stereocenters. The molecule has 6 nitrogen and oxygen atoms in total. The minimum absolute atomic E-state index is 0.494. The Bertz CT molecular complexity index is 857. The maximum absolute atomic E-state index is 5.89. The number of methoxy groups -OCH3 is 1. The highest BCUT2D eigenvalue weighted by molar-refractivity contribution is 6.30. The predicted molar refractivity (Wildman–Crippen MR) is 113 cm³/mol. The lowest BCUT2D eigenvalue weighted by Crippen LogP contribution is -2.06. The number of rotatable bonds is 10. The molecule has 0 bridgehead atoms. The van der Waals surface area contributed by atoms with Crippen LogP contribution in [0.3, 0.4) is 0 Å². The van der Waals surface area contributed by atoms with Crippen molar-refractivity contribution in [1.82, 2.24) is 9.97 Å². The molecule has 0 saturated carbocycles. The molecular formula is C21H23ClN4O2. The number of hydrogen-bond acceptors (Lipinski definition) is 6. The third-order valence-electron chi connectivity index (χ3n) is 3.94. The Morgan fingerprint density at radius 1 is 0.964 bits per heavy atom. The average Bonchev–Trinajstić information content (AvgIpc) is 2.72. The molecule has 28 heavy (non-hydrogen) atoms. The molecule has 0 saturated heterocycles. The van der Waals surface area contributed by atoms with Gasteiger partial charge in [-0.3, -0.25) is 0 Å². The summed E-state index contributed by atoms with van der Waals surface area (Å²) in [6.45, 7) is 2.01. The Kier molecular flexibility index (Phi) is 7.46. The fourth-order valence-electron chi connectivity index (χ4n) is 2.48. The van der Waals surface area contributed by atoms with Gasteiger partial charge in [0, 0.05) is 37.0 Å². The van der Waals surface area contributed by atoms with E-state index in [4.69, 9.17) is 21.1 Å². The molecular weight excluding hydrogens is 376 g/mol. The zero-order valence-electron chi connectivity index (χ0n) is 15.7. The Hall–Kier alpha value is -2.83. The maximum Gasteiger partial charge on any atom is 0.135 e. The quantitative estimate of drug-likeness (QED) is 0.473. The van der Waals surface area contributed by atoms with Crippen molar-refractivity contribution in [2.45, 2.75) is 13.0 Å². The van der Waals surface area contributed by atoms with Crippen molar-refractivity contribution >= 4 is 28.9 Å². The third kappa shape index (κ3) is 6.40. The second-order valence-corrected chi connectivity index (χ2v) is 6.56. The van der Waals surface area contributed by atoms with E-state index in [1.165, 1.54) is 6.33 Å². The van der Waals surface area contributed by atoms with E-state index in [2.05, 4.69) is 20.6 Å². The Balaban J connectivity index is 1.51. The highest BCUT2D eigenvalue weighted by Gasteiger charge is 2.01. The molecule has 0 aliphatic rings. The van der Waals surface area contributed by atoms with E-state index in [1.54, 1.807) is 7.11 Å². The van der Waals surface area contributed by atoms with E-state index in [0.717, 1.165) is 53.2 Å². The van der Waals surface area contributed by atoms with Crippen molar-refractivity contribution in [3.05, 3.63) is 71.5 Å². The number of halogens is 1. The number of anilines is 3. The average molecular weight is 399 g/mol. The summed E-state index contributed by atoms with van der Waals surface area (Å²) in [7, 11) is 1.70. The lowest BCUT2D eigenvalue weighted by Gasteiger charge is -2.10. The summed E-state index contributed by atoms with van der Waals surface area (Å²) >= 11 is 5.89. The summed E-state index contributed by atoms with van der Waals surface area (Å²) < 4.78 is 10.8. The highest BCUT2D eigenvalue weighted by Crippen LogP contribution is 2.21. The molecule has 1 heterocycles. The van der Waals surface area contributed by atoms with Crippen molar-refractivity contribution in [1.29, 1.82) is 0 Å². The van der Waals surface area contributed by atoms with Crippen molar-refractivity contribution in [3.63, 3.8) is 0 Å². The van der Waals surface area contributed by atoms with Crippen LogP contribution in [0.2, 0.25) is 5.02 Å². The van der Waals surface area contributed by atoms with Gasteiger partial charge in [-0.15, -0.1) is 0 Å². The standard InChI is InChI=1S/C21H23ClN4O2/c1-27-12-2-11-23-20-13-21(25-15-24-20)26-18-7-9-19(10-8-18)28-14-16-3-5-17(22)6-4-16/h3-10,13,15H,2,11-12,14H2,1H3,(H2,23,24,25,26). The smallest absolute Gasteiger partial charge is 0.135 e. The van der Waals surface area contributed by atoms with Gasteiger partial charge in [-0.25, -0.2) is 9.97 Å². The molecule has 0 radical (unpaired) electrons. The molecule has 0 unspecified atom stereocenters. The van der Waals surface area contributed by atoms with Gasteiger partial charge in [0.2, 0.25) is 0 Å². The van der Waals surface area contributed by atoms with Crippen molar-refractivity contribution < 1.29 is 9.47 Å². The molecule has 146 valence electrons. The molecule has 3 aromatic rings. The minimum atomic E-state index is 0.494. The summed E-state index contributed by atoms with van der Waals surface area (Å²) in [6.07, 6.45) is 2.45. The van der Waals surface area contributed by atoms with Crippen molar-refractivity contribution in [2.24, 2.45) is 0 Å². The van der Waals surface area contributed by atoms with Crippen LogP contribution in [0.4, 0.5) is 17.3 Å². The van der Waals surface area contributed by atoms with Gasteiger partial charge in [0.25, 0.3) is 0 Å². The number of benzene rings is 2. The summed E-state index contributed by atoms with van der Waals surface area (Å²) in [4.78, 5) is 8.48. The van der Waals surface area contributed by atoms with E-state index >= 15 is 0 Å². The number of nitrogens with zero attached hydrogens (tertiary/aromatic N) is 2. The second-order valence-electron chi connectivity index (χ2n) is 6.13. The maximum atomic E-state index is 5.89. The first-order valence-electron chi connectivity index (χ1n) is 9.02. The zero-order valence-corrected chi connectivity index (χ0v) is 16.4. The molecule has 2 aromatic carbocycles. The molecule has 2 N–H and O–H groups in total. The molecule has 0 aliphatic carbocycles. The lowest BCUT2D eigenvalue weighted by atomic mass is 10.2. The Morgan fingerprint density at radius 2 is 1.71 bits per heavy atom. The number of hydrogen-bond donors (Lipinski definition) is 2. The van der Waals surface area contributed by atoms with Crippen molar-refractivity contribution in [3.8, 4) is 5.75 Å². The minimum Gasteiger partial charge on any atom is -0.489 e. The summed E-state index contributed by atoms with van der Waals surface area (Å²) in [5, 5.41) is 7.24. The van der Waals surface area contributed by atoms with Gasteiger partial charge in [-0.05, 0) is 48.4 Å². The van der Waals surface area contributed by atoms with E-state index in [1.807, 2.05) is 54.6 Å². The summed E-state index contributed by atoms with van der Waals surface area (Å²) in [6, 6.07) is 17.2. The summed E-state index contributed by atoms with van der Waals surface area (Å²) in [5.41, 5.74) is 1.99. The monoisotopic (exact) mass is 398 g/mol. The molecule has 3 rings (SSSR count). The van der Waals surface area contributed by atoms with Gasteiger partial charge in [-0.1, -0.05) is 23.7 Å². The number of aromatic nitrogens is 2. The van der Waals surface area contributed by atoms with Crippen molar-refractivity contribution in [2.75, 3.05) is 30.9 Å². The SMILES string of the molecule is COCCCNc1cc(Nc2ccc(OCc3ccc(Cl)cc3)cc2)ncn1. The first-order chi connectivity index (χ1) is 13.7. The van der Waals surface area contributed by atoms with Crippen LogP contribution in [0.5, 0.6) is 5.75 Å². The van der Waals surface area contributed by atoms with Crippen LogP contribution in [0.1, 0.15) is 12.0 Å². The second kappa shape index (κ2) is 10.5. The Labute approximate surface area is 169 Å². The van der Waals surface area contributed by atoms with Crippen LogP contribution in [0.15, 0.2) is 60.9 Å². The topological polar surface area (TPSA) is 68.3 Å². The summed E-state index contributed by atoms with van der Waals surface area (Å²) in [5.74, 6) is 2.29. The van der Waals surface area contributed by atoms with E-state index in [0.29, 0.717) is 6.61 Å². The van der Waals surface area contributed by atoms with Crippen LogP contribution in [-0.4, -0.2) is 30.2 Å². The third-order valence-corrected chi connectivity index (χ3v) is 4.20. The molecule has 7 heteroatoms. The predicted octanol–water partition coefficient (Wildman–Crippen LogP) is 4.90. The normalized spacial score (nSPS) is 10.5. The van der Waals surface area contributed by atoms with Gasteiger partial charge < -0.3 is 20.1 Å². The lowest BCUT2D eigenvalue weighted by molar-refractivity contribution is 0.198. The van der Waals surface area contributed by atoms with Crippen LogP contribution < -0.4 is 15.4 Å². The first-order valence-corrected chi connectivity index (χ1v) is 9.40. The largest absolute Gasteiger partial charge is 0.489 e. The highest BCUT2D eigenvalue weighted by atomic mass is 35.5. The molecule has 0 aliphatic heterocycles. The van der Waals surface area contributed by atoms with Gasteiger partial charge in [-0.2, -0.15) is 0 Å². The van der Waals surface area contributed by atoms with Crippen LogP contribution in [0, 0.1) is 0 Å². The van der Waals surface area contributed by atoms with E-state index in [9.17, 15) is 0 Å². The van der Waals surface area contributed by atoms with Gasteiger partial charge in [0.05, 0.1) is 0 Å². The van der Waals surface area contributed by atoms with Gasteiger partial charge >= 0.3 is 0 Å². The van der Waals surface area contributed by atoms with E-state index < -0.39 is 0 Å². The van der Waals surface area contributed by atoms with Crippen LogP contribution in [-0.2, 0) is 11.3 Å². The Morgan fingerprint density at radius 3 is 2.46 bits per heavy atom. The van der Waals surface area contributed by atoms with Gasteiger partial charge in [0.1, 0.15) is 30.3 Å². The molecule has 0 amide bonds. The fourth-order valence-corrected chi connectivity index (χ4v) is 2.61.